The van der Waals surface area contributed by atoms with Crippen LogP contribution in [0.5, 0.6) is 5.75 Å². The summed E-state index contributed by atoms with van der Waals surface area (Å²) in [6, 6.07) is 9.87. The maximum absolute atomic E-state index is 11.8. The van der Waals surface area contributed by atoms with E-state index in [-0.39, 0.29) is 36.4 Å². The number of methoxy groups -OCH3 is 1. The molecule has 0 aliphatic carbocycles. The van der Waals surface area contributed by atoms with E-state index in [0.29, 0.717) is 19.0 Å². The van der Waals surface area contributed by atoms with Crippen LogP contribution in [0.3, 0.4) is 0 Å². The summed E-state index contributed by atoms with van der Waals surface area (Å²) in [7, 11) is 5.11. The second kappa shape index (κ2) is 11.7. The lowest BCUT2D eigenvalue weighted by Gasteiger charge is -2.15. The largest absolute Gasteiger partial charge is 0.497 e. The molecule has 1 aromatic heterocycles. The maximum Gasteiger partial charge on any atom is 0.241 e. The number of rotatable bonds is 7. The molecule has 142 valence electrons. The number of halogens is 1. The smallest absolute Gasteiger partial charge is 0.241 e. The van der Waals surface area contributed by atoms with Gasteiger partial charge in [0.15, 0.2) is 5.96 Å². The van der Waals surface area contributed by atoms with Crippen LogP contribution >= 0.6 is 35.3 Å². The molecular weight excluding hydrogens is 463 g/mol. The summed E-state index contributed by atoms with van der Waals surface area (Å²) in [5.74, 6) is 1.43. The molecule has 0 radical (unpaired) electrons. The first-order valence-electron chi connectivity index (χ1n) is 7.95. The van der Waals surface area contributed by atoms with Crippen LogP contribution in [-0.2, 0) is 17.9 Å². The summed E-state index contributed by atoms with van der Waals surface area (Å²) in [5, 5.41) is 10.4. The first-order valence-corrected chi connectivity index (χ1v) is 8.89. The van der Waals surface area contributed by atoms with Crippen LogP contribution in [0.25, 0.3) is 0 Å². The number of hydrogen-bond acceptors (Lipinski definition) is 4. The van der Waals surface area contributed by atoms with Crippen molar-refractivity contribution < 1.29 is 9.53 Å². The Hall–Kier alpha value is -1.81. The number of likely N-dealkylation sites (N-methyl/N-ethyl adjacent to an activating group) is 1. The van der Waals surface area contributed by atoms with Crippen LogP contribution in [0.2, 0.25) is 0 Å². The quantitative estimate of drug-likeness (QED) is 0.358. The number of nitrogens with one attached hydrogen (secondary N) is 2. The molecule has 26 heavy (non-hydrogen) atoms. The lowest BCUT2D eigenvalue weighted by molar-refractivity contribution is -0.127. The predicted octanol–water partition coefficient (Wildman–Crippen LogP) is 2.70. The monoisotopic (exact) mass is 488 g/mol. The fraction of sp³-hybridized carbons (Fsp3) is 0.333. The minimum Gasteiger partial charge on any atom is -0.497 e. The van der Waals surface area contributed by atoms with E-state index in [0.717, 1.165) is 16.9 Å². The summed E-state index contributed by atoms with van der Waals surface area (Å²) >= 11 is 1.64. The van der Waals surface area contributed by atoms with E-state index in [1.807, 2.05) is 35.7 Å². The molecule has 0 spiro atoms. The number of benzene rings is 1. The van der Waals surface area contributed by atoms with Crippen molar-refractivity contribution in [1.82, 2.24) is 15.5 Å². The van der Waals surface area contributed by atoms with Crippen molar-refractivity contribution >= 4 is 47.2 Å². The average molecular weight is 488 g/mol. The molecule has 0 atom stereocenters. The van der Waals surface area contributed by atoms with E-state index in [1.54, 1.807) is 37.4 Å². The van der Waals surface area contributed by atoms with Gasteiger partial charge in [0, 0.05) is 20.6 Å². The van der Waals surface area contributed by atoms with Crippen molar-refractivity contribution in [3.63, 3.8) is 0 Å². The highest BCUT2D eigenvalue weighted by atomic mass is 127. The van der Waals surface area contributed by atoms with Crippen molar-refractivity contribution in [1.29, 1.82) is 0 Å². The van der Waals surface area contributed by atoms with Gasteiger partial charge in [0.05, 0.1) is 20.2 Å². The molecule has 0 bridgehead atoms. The average Bonchev–Trinajstić information content (AvgIpc) is 3.14. The Labute approximate surface area is 175 Å². The number of carbonyl (C=O) groups is 1. The summed E-state index contributed by atoms with van der Waals surface area (Å²) in [6.07, 6.45) is 0. The molecule has 8 heteroatoms. The lowest BCUT2D eigenvalue weighted by atomic mass is 10.2. The zero-order valence-electron chi connectivity index (χ0n) is 15.2. The van der Waals surface area contributed by atoms with Crippen LogP contribution in [-0.4, -0.2) is 44.5 Å². The minimum atomic E-state index is -0.00511. The van der Waals surface area contributed by atoms with Crippen LogP contribution in [0, 0.1) is 0 Å². The zero-order chi connectivity index (χ0) is 18.1. The molecule has 6 nitrogen and oxygen atoms in total. The number of amides is 1. The third kappa shape index (κ3) is 7.61. The maximum atomic E-state index is 11.8. The molecule has 0 saturated carbocycles. The molecule has 0 unspecified atom stereocenters. The fourth-order valence-corrected chi connectivity index (χ4v) is 2.63. The Morgan fingerprint density at radius 3 is 2.46 bits per heavy atom. The Bertz CT molecular complexity index is 688. The summed E-state index contributed by atoms with van der Waals surface area (Å²) in [6.45, 7) is 1.37. The second-order valence-corrected chi connectivity index (χ2v) is 6.42. The molecule has 0 saturated heterocycles. The topological polar surface area (TPSA) is 66.0 Å². The van der Waals surface area contributed by atoms with Crippen molar-refractivity contribution in [3.05, 3.63) is 52.2 Å². The van der Waals surface area contributed by atoms with Crippen molar-refractivity contribution in [3.8, 4) is 5.75 Å². The summed E-state index contributed by atoms with van der Waals surface area (Å²) in [4.78, 5) is 17.9. The number of ether oxygens (including phenoxy) is 1. The number of thiophene rings is 1. The highest BCUT2D eigenvalue weighted by Crippen LogP contribution is 2.11. The standard InChI is InChI=1S/C18H24N4O2S.HI/c1-22(2)17(23)12-21-18(20-11-15-8-9-25-13-15)19-10-14-4-6-16(24-3)7-5-14;/h4-9,13H,10-12H2,1-3H3,(H2,19,20,21);1H. The molecule has 1 amide bonds. The van der Waals surface area contributed by atoms with Gasteiger partial charge in [0.2, 0.25) is 5.91 Å². The highest BCUT2D eigenvalue weighted by Gasteiger charge is 2.06. The summed E-state index contributed by atoms with van der Waals surface area (Å²) in [5.41, 5.74) is 2.25. The molecule has 0 aliphatic heterocycles. The van der Waals surface area contributed by atoms with Crippen molar-refractivity contribution in [2.24, 2.45) is 4.99 Å². The number of hydrogen-bond donors (Lipinski definition) is 2. The van der Waals surface area contributed by atoms with Gasteiger partial charge >= 0.3 is 0 Å². The third-order valence-corrected chi connectivity index (χ3v) is 4.26. The molecule has 2 rings (SSSR count). The summed E-state index contributed by atoms with van der Waals surface area (Å²) < 4.78 is 5.16. The molecule has 1 aromatic carbocycles. The van der Waals surface area contributed by atoms with Crippen LogP contribution in [0.1, 0.15) is 11.1 Å². The van der Waals surface area contributed by atoms with E-state index >= 15 is 0 Å². The first-order chi connectivity index (χ1) is 12.1. The van der Waals surface area contributed by atoms with E-state index in [1.165, 1.54) is 0 Å². The van der Waals surface area contributed by atoms with E-state index in [2.05, 4.69) is 21.0 Å². The minimum absolute atomic E-state index is 0. The third-order valence-electron chi connectivity index (χ3n) is 3.52. The number of carbonyl (C=O) groups excluding carboxylic acids is 1. The number of guanidine groups is 1. The molecule has 2 aromatic rings. The Balaban J connectivity index is 0.00000338. The van der Waals surface area contributed by atoms with E-state index < -0.39 is 0 Å². The molecule has 0 aliphatic rings. The molecule has 1 heterocycles. The predicted molar refractivity (Wildman–Crippen MR) is 117 cm³/mol. The zero-order valence-corrected chi connectivity index (χ0v) is 18.3. The normalized spacial score (nSPS) is 10.7. The molecule has 2 N–H and O–H groups in total. The van der Waals surface area contributed by atoms with Gasteiger partial charge in [-0.1, -0.05) is 12.1 Å². The molecule has 0 fully saturated rings. The van der Waals surface area contributed by atoms with E-state index in [9.17, 15) is 4.79 Å². The van der Waals surface area contributed by atoms with Gasteiger partial charge < -0.3 is 20.3 Å². The van der Waals surface area contributed by atoms with Gasteiger partial charge in [-0.3, -0.25) is 4.79 Å². The second-order valence-electron chi connectivity index (χ2n) is 5.64. The van der Waals surface area contributed by atoms with Crippen molar-refractivity contribution in [2.75, 3.05) is 27.7 Å². The first kappa shape index (κ1) is 22.2. The van der Waals surface area contributed by atoms with Gasteiger partial charge in [0.1, 0.15) is 5.75 Å². The SMILES string of the molecule is COc1ccc(CNC(=NCc2ccsc2)NCC(=O)N(C)C)cc1.I. The fourth-order valence-electron chi connectivity index (χ4n) is 1.97. The van der Waals surface area contributed by atoms with Crippen molar-refractivity contribution in [2.45, 2.75) is 13.1 Å². The van der Waals surface area contributed by atoms with Gasteiger partial charge in [-0.2, -0.15) is 11.3 Å². The number of aliphatic imine (C=N–C) groups is 1. The van der Waals surface area contributed by atoms with Gasteiger partial charge in [-0.15, -0.1) is 24.0 Å². The Morgan fingerprint density at radius 2 is 1.88 bits per heavy atom. The van der Waals surface area contributed by atoms with Crippen LogP contribution in [0.4, 0.5) is 0 Å². The number of nitrogens with zero attached hydrogens (tertiary/aromatic N) is 2. The van der Waals surface area contributed by atoms with Gasteiger partial charge in [0.25, 0.3) is 0 Å². The Kier molecular flexibility index (Phi) is 10.0. The molecular formula is C18H25IN4O2S. The lowest BCUT2D eigenvalue weighted by Crippen LogP contribution is -2.42. The van der Waals surface area contributed by atoms with Crippen LogP contribution < -0.4 is 15.4 Å². The van der Waals surface area contributed by atoms with Crippen LogP contribution in [0.15, 0.2) is 46.1 Å². The van der Waals surface area contributed by atoms with E-state index in [4.69, 9.17) is 4.74 Å². The van der Waals surface area contributed by atoms with Gasteiger partial charge in [-0.25, -0.2) is 4.99 Å². The van der Waals surface area contributed by atoms with Gasteiger partial charge in [-0.05, 0) is 40.1 Å². The highest BCUT2D eigenvalue weighted by molar-refractivity contribution is 14.0. The Morgan fingerprint density at radius 1 is 1.15 bits per heavy atom.